The van der Waals surface area contributed by atoms with Crippen molar-refractivity contribution in [2.24, 2.45) is 0 Å². The number of hydrogen-bond acceptors (Lipinski definition) is 3. The Morgan fingerprint density at radius 1 is 1.45 bits per heavy atom. The number of ether oxygens (including phenoxy) is 1. The summed E-state index contributed by atoms with van der Waals surface area (Å²) in [5.41, 5.74) is 0.915. The molecule has 2 rings (SSSR count). The zero-order chi connectivity index (χ0) is 16.0. The number of piperidine rings is 1. The van der Waals surface area contributed by atoms with Gasteiger partial charge in [-0.1, -0.05) is 6.07 Å². The molecule has 1 aromatic carbocycles. The first-order valence-electron chi connectivity index (χ1n) is 7.65. The molecule has 0 saturated carbocycles. The number of halogens is 1. The van der Waals surface area contributed by atoms with Crippen molar-refractivity contribution in [2.75, 3.05) is 19.7 Å². The lowest BCUT2D eigenvalue weighted by atomic mass is 9.79. The Morgan fingerprint density at radius 3 is 2.82 bits per heavy atom. The Kier molecular flexibility index (Phi) is 5.51. The van der Waals surface area contributed by atoms with Crippen molar-refractivity contribution in [3.05, 3.63) is 46.6 Å². The predicted octanol–water partition coefficient (Wildman–Crippen LogP) is 2.82. The molecule has 4 nitrogen and oxygen atoms in total. The molecule has 1 aliphatic rings. The number of nitrogens with zero attached hydrogens (tertiary/aromatic N) is 1. The highest BCUT2D eigenvalue weighted by atomic mass is 19.1. The number of aryl methyl sites for hydroxylation is 1. The molecule has 118 valence electrons. The van der Waals surface area contributed by atoms with E-state index in [9.17, 15) is 9.18 Å². The molecule has 1 aliphatic heterocycles. The van der Waals surface area contributed by atoms with Gasteiger partial charge in [-0.05, 0) is 31.0 Å². The molecule has 0 bridgehead atoms. The number of hydrogen-bond donors (Lipinski definition) is 1. The number of carbonyl (C=O) groups excluding carboxylic acids is 1. The maximum absolute atomic E-state index is 13.7. The molecule has 0 aromatic heterocycles. The fourth-order valence-corrected chi connectivity index (χ4v) is 2.95. The fraction of sp³-hybridized carbons (Fsp3) is 0.529. The molecule has 0 atom stereocenters. The average Bonchev–Trinajstić information content (AvgIpc) is 2.54. The minimum absolute atomic E-state index is 0.249. The summed E-state index contributed by atoms with van der Waals surface area (Å²) in [6.07, 6.45) is 2.04. The van der Waals surface area contributed by atoms with Crippen molar-refractivity contribution in [1.29, 1.82) is 0 Å². The van der Waals surface area contributed by atoms with Crippen LogP contribution in [0, 0.1) is 12.4 Å². The van der Waals surface area contributed by atoms with Gasteiger partial charge in [-0.3, -0.25) is 4.79 Å². The SMILES string of the molecule is [C-]#[N+]C1(c2cc(F)ccc2CCC(=O)OCC)CCNCC1. The molecular formula is C17H21FN2O2. The molecule has 0 radical (unpaired) electrons. The van der Waals surface area contributed by atoms with Gasteiger partial charge in [0.1, 0.15) is 5.82 Å². The third-order valence-corrected chi connectivity index (χ3v) is 4.12. The lowest BCUT2D eigenvalue weighted by Crippen LogP contribution is -2.38. The third-order valence-electron chi connectivity index (χ3n) is 4.12. The summed E-state index contributed by atoms with van der Waals surface area (Å²) >= 11 is 0. The van der Waals surface area contributed by atoms with Gasteiger partial charge in [0.05, 0.1) is 6.61 Å². The van der Waals surface area contributed by atoms with E-state index in [2.05, 4.69) is 10.2 Å². The zero-order valence-electron chi connectivity index (χ0n) is 12.8. The Balaban J connectivity index is 2.27. The number of esters is 1. The van der Waals surface area contributed by atoms with E-state index in [1.807, 2.05) is 0 Å². The van der Waals surface area contributed by atoms with Gasteiger partial charge >= 0.3 is 5.97 Å². The predicted molar refractivity (Wildman–Crippen MR) is 81.7 cm³/mol. The van der Waals surface area contributed by atoms with Gasteiger partial charge in [-0.2, -0.15) is 0 Å². The monoisotopic (exact) mass is 304 g/mol. The lowest BCUT2D eigenvalue weighted by Gasteiger charge is -2.29. The van der Waals surface area contributed by atoms with Gasteiger partial charge in [0.25, 0.3) is 5.54 Å². The molecule has 1 aromatic rings. The first kappa shape index (κ1) is 16.4. The maximum Gasteiger partial charge on any atom is 0.306 e. The highest BCUT2D eigenvalue weighted by Crippen LogP contribution is 2.37. The average molecular weight is 304 g/mol. The number of carbonyl (C=O) groups is 1. The first-order valence-corrected chi connectivity index (χ1v) is 7.65. The van der Waals surface area contributed by atoms with Crippen LogP contribution in [0.2, 0.25) is 0 Å². The van der Waals surface area contributed by atoms with Gasteiger partial charge in [-0.15, -0.1) is 0 Å². The highest BCUT2D eigenvalue weighted by molar-refractivity contribution is 5.69. The van der Waals surface area contributed by atoms with Crippen LogP contribution in [-0.4, -0.2) is 25.7 Å². The van der Waals surface area contributed by atoms with E-state index in [0.29, 0.717) is 25.9 Å². The van der Waals surface area contributed by atoms with Crippen molar-refractivity contribution >= 4 is 5.97 Å². The smallest absolute Gasteiger partial charge is 0.306 e. The van der Waals surface area contributed by atoms with Crippen LogP contribution in [0.4, 0.5) is 4.39 Å². The van der Waals surface area contributed by atoms with Crippen molar-refractivity contribution in [1.82, 2.24) is 5.32 Å². The molecule has 5 heteroatoms. The zero-order valence-corrected chi connectivity index (χ0v) is 12.8. The Morgan fingerprint density at radius 2 is 2.18 bits per heavy atom. The van der Waals surface area contributed by atoms with Crippen LogP contribution < -0.4 is 5.32 Å². The summed E-state index contributed by atoms with van der Waals surface area (Å²) in [7, 11) is 0. The quantitative estimate of drug-likeness (QED) is 0.672. The standard InChI is InChI=1S/C17H21FN2O2/c1-3-22-16(21)7-5-13-4-6-14(18)12-15(13)17(19-2)8-10-20-11-9-17/h4,6,12,20H,3,5,7-11H2,1H3. The molecule has 22 heavy (non-hydrogen) atoms. The second-order valence-electron chi connectivity index (χ2n) is 5.50. The van der Waals surface area contributed by atoms with Crippen LogP contribution in [0.1, 0.15) is 37.3 Å². The van der Waals surface area contributed by atoms with Gasteiger partial charge in [0.15, 0.2) is 0 Å². The van der Waals surface area contributed by atoms with E-state index in [-0.39, 0.29) is 18.2 Å². The maximum atomic E-state index is 13.7. The van der Waals surface area contributed by atoms with Crippen molar-refractivity contribution < 1.29 is 13.9 Å². The molecule has 0 unspecified atom stereocenters. The van der Waals surface area contributed by atoms with E-state index >= 15 is 0 Å². The molecule has 1 heterocycles. The van der Waals surface area contributed by atoms with Crippen molar-refractivity contribution in [3.63, 3.8) is 0 Å². The van der Waals surface area contributed by atoms with Crippen LogP contribution >= 0.6 is 0 Å². The molecule has 1 saturated heterocycles. The third kappa shape index (κ3) is 3.63. The van der Waals surface area contributed by atoms with E-state index in [1.165, 1.54) is 12.1 Å². The van der Waals surface area contributed by atoms with Crippen LogP contribution in [0.25, 0.3) is 4.85 Å². The summed E-state index contributed by atoms with van der Waals surface area (Å²) in [6, 6.07) is 4.55. The van der Waals surface area contributed by atoms with Crippen LogP contribution in [0.15, 0.2) is 18.2 Å². The van der Waals surface area contributed by atoms with Crippen molar-refractivity contribution in [3.8, 4) is 0 Å². The summed E-state index contributed by atoms with van der Waals surface area (Å²) < 4.78 is 18.7. The summed E-state index contributed by atoms with van der Waals surface area (Å²) in [5.74, 6) is -0.601. The Bertz CT molecular complexity index is 575. The van der Waals surface area contributed by atoms with E-state index in [4.69, 9.17) is 11.3 Å². The molecule has 1 fully saturated rings. The minimum atomic E-state index is -0.683. The number of nitrogens with one attached hydrogen (secondary N) is 1. The van der Waals surface area contributed by atoms with E-state index in [1.54, 1.807) is 13.0 Å². The van der Waals surface area contributed by atoms with Crippen molar-refractivity contribution in [2.45, 2.75) is 38.1 Å². The first-order chi connectivity index (χ1) is 10.6. The van der Waals surface area contributed by atoms with Crippen LogP contribution in [-0.2, 0) is 21.5 Å². The van der Waals surface area contributed by atoms with E-state index < -0.39 is 5.54 Å². The summed E-state index contributed by atoms with van der Waals surface area (Å²) in [6.45, 7) is 11.2. The molecule has 0 spiro atoms. The number of benzene rings is 1. The van der Waals surface area contributed by atoms with Crippen LogP contribution in [0.5, 0.6) is 0 Å². The van der Waals surface area contributed by atoms with Gasteiger partial charge < -0.3 is 14.9 Å². The van der Waals surface area contributed by atoms with E-state index in [0.717, 1.165) is 24.2 Å². The normalized spacial score (nSPS) is 16.8. The van der Waals surface area contributed by atoms with Gasteiger partial charge in [0, 0.05) is 37.9 Å². The largest absolute Gasteiger partial charge is 0.466 e. The minimum Gasteiger partial charge on any atom is -0.466 e. The van der Waals surface area contributed by atoms with Gasteiger partial charge in [-0.25, -0.2) is 11.0 Å². The summed E-state index contributed by atoms with van der Waals surface area (Å²) in [4.78, 5) is 15.4. The fourth-order valence-electron chi connectivity index (χ4n) is 2.95. The van der Waals surface area contributed by atoms with Crippen LogP contribution in [0.3, 0.4) is 0 Å². The molecule has 1 N–H and O–H groups in total. The Labute approximate surface area is 130 Å². The second-order valence-corrected chi connectivity index (χ2v) is 5.50. The molecular weight excluding hydrogens is 283 g/mol. The van der Waals surface area contributed by atoms with Gasteiger partial charge in [0.2, 0.25) is 0 Å². The Hall–Kier alpha value is -1.93. The lowest BCUT2D eigenvalue weighted by molar-refractivity contribution is -0.143. The molecule has 0 amide bonds. The topological polar surface area (TPSA) is 42.7 Å². The second kappa shape index (κ2) is 7.37. The molecule has 0 aliphatic carbocycles. The number of rotatable bonds is 5. The summed E-state index contributed by atoms with van der Waals surface area (Å²) in [5, 5.41) is 3.23. The highest BCUT2D eigenvalue weighted by Gasteiger charge is 2.42.